The van der Waals surface area contributed by atoms with Crippen LogP contribution in [0.25, 0.3) is 0 Å². The van der Waals surface area contributed by atoms with Gasteiger partial charge in [-0.15, -0.1) is 0 Å². The summed E-state index contributed by atoms with van der Waals surface area (Å²) >= 11 is 1.77. The topological polar surface area (TPSA) is 42.5 Å². The first-order valence-corrected chi connectivity index (χ1v) is 5.69. The van der Waals surface area contributed by atoms with Gasteiger partial charge in [-0.05, 0) is 0 Å². The van der Waals surface area contributed by atoms with E-state index in [0.29, 0.717) is 0 Å². The molecule has 2 rings (SSSR count). The van der Waals surface area contributed by atoms with Crippen LogP contribution in [0, 0.1) is 0 Å². The van der Waals surface area contributed by atoms with Gasteiger partial charge in [0.1, 0.15) is 10.9 Å². The molecular formula is C8H16N2O2S. The molecule has 0 aromatic rings. The van der Waals surface area contributed by atoms with Gasteiger partial charge in [0.05, 0.1) is 13.2 Å². The van der Waals surface area contributed by atoms with Crippen molar-refractivity contribution >= 4 is 11.8 Å². The van der Waals surface area contributed by atoms with Gasteiger partial charge in [0, 0.05) is 26.2 Å². The van der Waals surface area contributed by atoms with Crippen molar-refractivity contribution in [2.45, 2.75) is 10.9 Å². The van der Waals surface area contributed by atoms with Crippen LogP contribution in [0.2, 0.25) is 0 Å². The van der Waals surface area contributed by atoms with Crippen LogP contribution in [0.4, 0.5) is 0 Å². The van der Waals surface area contributed by atoms with Crippen LogP contribution < -0.4 is 10.6 Å². The van der Waals surface area contributed by atoms with Gasteiger partial charge in [0.15, 0.2) is 0 Å². The Morgan fingerprint density at radius 1 is 0.923 bits per heavy atom. The maximum absolute atomic E-state index is 5.57. The lowest BCUT2D eigenvalue weighted by atomic mass is 10.5. The summed E-state index contributed by atoms with van der Waals surface area (Å²) in [6, 6.07) is 0. The highest BCUT2D eigenvalue weighted by molar-refractivity contribution is 8.00. The van der Waals surface area contributed by atoms with Crippen LogP contribution >= 0.6 is 11.8 Å². The molecule has 76 valence electrons. The highest BCUT2D eigenvalue weighted by Crippen LogP contribution is 2.21. The zero-order valence-corrected chi connectivity index (χ0v) is 8.44. The Hall–Kier alpha value is 0.190. The predicted molar refractivity (Wildman–Crippen MR) is 52.8 cm³/mol. The summed E-state index contributed by atoms with van der Waals surface area (Å²) in [6.07, 6.45) is 0. The summed E-state index contributed by atoms with van der Waals surface area (Å²) in [5.41, 5.74) is 0.525. The molecule has 0 spiro atoms. The molecule has 2 aliphatic heterocycles. The third kappa shape index (κ3) is 3.11. The van der Waals surface area contributed by atoms with Gasteiger partial charge in [0.2, 0.25) is 0 Å². The smallest absolute Gasteiger partial charge is 0.118 e. The molecular weight excluding hydrogens is 188 g/mol. The minimum absolute atomic E-state index is 0.263. The first-order valence-electron chi connectivity index (χ1n) is 4.75. The lowest BCUT2D eigenvalue weighted by Gasteiger charge is -2.29. The molecule has 2 heterocycles. The van der Waals surface area contributed by atoms with E-state index < -0.39 is 0 Å². The lowest BCUT2D eigenvalue weighted by Crippen LogP contribution is -2.42. The second-order valence-electron chi connectivity index (χ2n) is 3.15. The van der Waals surface area contributed by atoms with Crippen molar-refractivity contribution in [3.8, 4) is 0 Å². The van der Waals surface area contributed by atoms with Crippen molar-refractivity contribution < 1.29 is 9.47 Å². The second-order valence-corrected chi connectivity index (χ2v) is 4.47. The molecule has 0 aromatic carbocycles. The molecule has 5 heteroatoms. The van der Waals surface area contributed by atoms with E-state index in [-0.39, 0.29) is 10.9 Å². The molecule has 0 amide bonds. The highest BCUT2D eigenvalue weighted by Gasteiger charge is 2.21. The van der Waals surface area contributed by atoms with Gasteiger partial charge in [-0.1, -0.05) is 11.8 Å². The van der Waals surface area contributed by atoms with Crippen LogP contribution in [0.3, 0.4) is 0 Å². The number of hydrogen-bond acceptors (Lipinski definition) is 5. The van der Waals surface area contributed by atoms with Crippen LogP contribution in [-0.4, -0.2) is 50.3 Å². The summed E-state index contributed by atoms with van der Waals surface area (Å²) in [5, 5.41) is 6.61. The maximum atomic E-state index is 5.57. The Kier molecular flexibility index (Phi) is 3.87. The molecule has 0 saturated carbocycles. The summed E-state index contributed by atoms with van der Waals surface area (Å²) in [7, 11) is 0. The van der Waals surface area contributed by atoms with E-state index >= 15 is 0 Å². The quantitative estimate of drug-likeness (QED) is 0.641. The molecule has 0 bridgehead atoms. The first kappa shape index (κ1) is 9.73. The third-order valence-electron chi connectivity index (χ3n) is 2.09. The van der Waals surface area contributed by atoms with Crippen LogP contribution in [-0.2, 0) is 9.47 Å². The summed E-state index contributed by atoms with van der Waals surface area (Å²) < 4.78 is 11.1. The zero-order valence-electron chi connectivity index (χ0n) is 7.62. The molecule has 0 aromatic heterocycles. The van der Waals surface area contributed by atoms with Crippen molar-refractivity contribution in [3.63, 3.8) is 0 Å². The Labute approximate surface area is 82.7 Å². The zero-order chi connectivity index (χ0) is 8.93. The van der Waals surface area contributed by atoms with Gasteiger partial charge in [-0.25, -0.2) is 0 Å². The van der Waals surface area contributed by atoms with Gasteiger partial charge in [-0.3, -0.25) is 0 Å². The van der Waals surface area contributed by atoms with Gasteiger partial charge < -0.3 is 20.1 Å². The molecule has 0 aliphatic carbocycles. The van der Waals surface area contributed by atoms with Crippen LogP contribution in [0.15, 0.2) is 0 Å². The Morgan fingerprint density at radius 2 is 1.46 bits per heavy atom. The average Bonchev–Trinajstić information content (AvgIpc) is 2.21. The lowest BCUT2D eigenvalue weighted by molar-refractivity contribution is 0.0656. The number of ether oxygens (including phenoxy) is 2. The molecule has 2 aliphatic rings. The number of hydrogen-bond donors (Lipinski definition) is 2. The fourth-order valence-electron chi connectivity index (χ4n) is 1.43. The third-order valence-corrected chi connectivity index (χ3v) is 3.30. The molecule has 2 unspecified atom stereocenters. The molecule has 2 atom stereocenters. The number of morpholine rings is 2. The minimum Gasteiger partial charge on any atom is -0.365 e. The summed E-state index contributed by atoms with van der Waals surface area (Å²) in [6.45, 7) is 5.45. The highest BCUT2D eigenvalue weighted by atomic mass is 32.2. The molecule has 13 heavy (non-hydrogen) atoms. The van der Waals surface area contributed by atoms with Crippen molar-refractivity contribution in [3.05, 3.63) is 0 Å². The Balaban J connectivity index is 1.69. The van der Waals surface area contributed by atoms with Gasteiger partial charge >= 0.3 is 0 Å². The molecule has 2 N–H and O–H groups in total. The van der Waals surface area contributed by atoms with Crippen LogP contribution in [0.5, 0.6) is 0 Å². The van der Waals surface area contributed by atoms with E-state index in [1.165, 1.54) is 0 Å². The van der Waals surface area contributed by atoms with Crippen molar-refractivity contribution in [1.82, 2.24) is 10.6 Å². The van der Waals surface area contributed by atoms with Crippen molar-refractivity contribution in [2.24, 2.45) is 0 Å². The standard InChI is InChI=1S/C8H16N2O2S/c1-3-11-7(5-9-1)13-8-6-10-2-4-12-8/h7-10H,1-6H2. The van der Waals surface area contributed by atoms with E-state index in [1.807, 2.05) is 0 Å². The monoisotopic (exact) mass is 204 g/mol. The first-order chi connectivity index (χ1) is 6.45. The molecule has 4 nitrogen and oxygen atoms in total. The number of nitrogens with one attached hydrogen (secondary N) is 2. The maximum Gasteiger partial charge on any atom is 0.118 e. The average molecular weight is 204 g/mol. The predicted octanol–water partition coefficient (Wildman–Crippen LogP) is -0.389. The number of rotatable bonds is 2. The Bertz CT molecular complexity index is 131. The van der Waals surface area contributed by atoms with E-state index in [2.05, 4.69) is 10.6 Å². The van der Waals surface area contributed by atoms with E-state index in [9.17, 15) is 0 Å². The normalized spacial score (nSPS) is 36.0. The van der Waals surface area contributed by atoms with E-state index in [1.54, 1.807) is 11.8 Å². The second kappa shape index (κ2) is 5.17. The number of thioether (sulfide) groups is 1. The largest absolute Gasteiger partial charge is 0.365 e. The summed E-state index contributed by atoms with van der Waals surface area (Å²) in [5.74, 6) is 0. The van der Waals surface area contributed by atoms with Gasteiger partial charge in [-0.2, -0.15) is 0 Å². The Morgan fingerprint density at radius 3 is 1.85 bits per heavy atom. The van der Waals surface area contributed by atoms with E-state index in [4.69, 9.17) is 9.47 Å². The fourth-order valence-corrected chi connectivity index (χ4v) is 2.54. The summed E-state index contributed by atoms with van der Waals surface area (Å²) in [4.78, 5) is 0. The van der Waals surface area contributed by atoms with Crippen molar-refractivity contribution in [2.75, 3.05) is 39.4 Å². The molecule has 0 radical (unpaired) electrons. The molecule has 2 saturated heterocycles. The minimum atomic E-state index is 0.263. The van der Waals surface area contributed by atoms with E-state index in [0.717, 1.165) is 39.4 Å². The SMILES string of the molecule is C1COC(SC2CNCCO2)CN1. The fraction of sp³-hybridized carbons (Fsp3) is 1.00. The van der Waals surface area contributed by atoms with Crippen molar-refractivity contribution in [1.29, 1.82) is 0 Å². The molecule has 2 fully saturated rings. The van der Waals surface area contributed by atoms with Gasteiger partial charge in [0.25, 0.3) is 0 Å². The van der Waals surface area contributed by atoms with Crippen LogP contribution in [0.1, 0.15) is 0 Å².